The first kappa shape index (κ1) is 14.7. The first-order valence-electron chi connectivity index (χ1n) is 4.98. The van der Waals surface area contributed by atoms with E-state index in [1.807, 2.05) is 0 Å². The van der Waals surface area contributed by atoms with Crippen LogP contribution in [-0.4, -0.2) is 36.2 Å². The van der Waals surface area contributed by atoms with E-state index in [0.717, 1.165) is 23.1 Å². The third kappa shape index (κ3) is 9.24. The number of nitrogens with two attached hydrogens (primary N) is 1. The molecule has 1 atom stereocenters. The zero-order chi connectivity index (χ0) is 10.8. The van der Waals surface area contributed by atoms with Gasteiger partial charge in [-0.1, -0.05) is 37.3 Å². The monoisotopic (exact) mass is 248 g/mol. The van der Waals surface area contributed by atoms with Crippen LogP contribution in [0, 0.1) is 0 Å². The van der Waals surface area contributed by atoms with Crippen LogP contribution in [0.5, 0.6) is 0 Å². The highest BCUT2D eigenvalue weighted by molar-refractivity contribution is 8.28. The van der Waals surface area contributed by atoms with Crippen LogP contribution in [0.1, 0.15) is 19.8 Å². The van der Waals surface area contributed by atoms with Gasteiger partial charge in [0.05, 0.1) is 7.74 Å². The van der Waals surface area contributed by atoms with Crippen LogP contribution in [0.4, 0.5) is 0 Å². The van der Waals surface area contributed by atoms with Gasteiger partial charge >= 0.3 is 0 Å². The van der Waals surface area contributed by atoms with E-state index in [1.54, 1.807) is 23.4 Å². The van der Waals surface area contributed by atoms with Crippen molar-refractivity contribution in [3.63, 3.8) is 0 Å². The summed E-state index contributed by atoms with van der Waals surface area (Å²) in [6.07, 6.45) is 3.44. The molecule has 0 fully saturated rings. The maximum Gasteiger partial charge on any atom is 0.153 e. The summed E-state index contributed by atoms with van der Waals surface area (Å²) < 4.78 is 0.880. The molecule has 0 saturated carbocycles. The van der Waals surface area contributed by atoms with E-state index in [1.165, 1.54) is 12.8 Å². The molecule has 0 bridgehead atoms. The molecule has 0 aromatic carbocycles. The number of unbranched alkanes of at least 4 members (excludes halogenated alkanes) is 1. The van der Waals surface area contributed by atoms with E-state index in [9.17, 15) is 0 Å². The third-order valence-electron chi connectivity index (χ3n) is 1.56. The van der Waals surface area contributed by atoms with Crippen LogP contribution in [0.25, 0.3) is 0 Å². The minimum Gasteiger partial charge on any atom is -0.371 e. The molecular formula is C7H18B2N2S3. The Bertz CT molecular complexity index is 160. The fourth-order valence-corrected chi connectivity index (χ4v) is 2.68. The summed E-state index contributed by atoms with van der Waals surface area (Å²) >= 11 is 8.58. The molecule has 0 aliphatic heterocycles. The summed E-state index contributed by atoms with van der Waals surface area (Å²) in [5.74, 6) is 0.899. The molecule has 14 heavy (non-hydrogen) atoms. The van der Waals surface area contributed by atoms with Gasteiger partial charge in [0.1, 0.15) is 4.32 Å². The van der Waals surface area contributed by atoms with E-state index >= 15 is 0 Å². The topological polar surface area (TPSA) is 38.0 Å². The molecule has 2 nitrogen and oxygen atoms in total. The molecule has 7 heteroatoms. The molecule has 0 rings (SSSR count). The van der Waals surface area contributed by atoms with E-state index in [4.69, 9.17) is 18.0 Å². The zero-order valence-electron chi connectivity index (χ0n) is 8.91. The van der Waals surface area contributed by atoms with E-state index < -0.39 is 0 Å². The predicted molar refractivity (Wildman–Crippen MR) is 79.2 cm³/mol. The van der Waals surface area contributed by atoms with Gasteiger partial charge in [0, 0.05) is 17.7 Å². The van der Waals surface area contributed by atoms with Crippen molar-refractivity contribution in [2.75, 3.05) is 12.3 Å². The Morgan fingerprint density at radius 3 is 3.00 bits per heavy atom. The highest BCUT2D eigenvalue weighted by Gasteiger charge is 2.03. The Morgan fingerprint density at radius 1 is 1.71 bits per heavy atom. The number of rotatable bonds is 7. The second kappa shape index (κ2) is 10.2. The molecule has 0 saturated heterocycles. The van der Waals surface area contributed by atoms with Crippen molar-refractivity contribution >= 4 is 54.1 Å². The summed E-state index contributed by atoms with van der Waals surface area (Å²) in [4.78, 5) is 0. The number of thioether (sulfide) groups is 1. The van der Waals surface area contributed by atoms with Crippen molar-refractivity contribution in [2.24, 2.45) is 5.73 Å². The lowest BCUT2D eigenvalue weighted by molar-refractivity contribution is 0.762. The summed E-state index contributed by atoms with van der Waals surface area (Å²) in [6, 6.07) is 0. The molecule has 0 aromatic rings. The number of thiocarbonyl (C=S) groups is 1. The van der Waals surface area contributed by atoms with Crippen LogP contribution in [0.3, 0.4) is 0 Å². The van der Waals surface area contributed by atoms with Gasteiger partial charge in [-0.15, -0.1) is 0 Å². The van der Waals surface area contributed by atoms with Crippen molar-refractivity contribution in [3.05, 3.63) is 0 Å². The summed E-state index contributed by atoms with van der Waals surface area (Å²) in [5.41, 5.74) is 5.84. The van der Waals surface area contributed by atoms with E-state index in [0.29, 0.717) is 0 Å². The van der Waals surface area contributed by atoms with Gasteiger partial charge in [-0.2, -0.15) is 0 Å². The van der Waals surface area contributed by atoms with Crippen molar-refractivity contribution in [2.45, 2.75) is 25.1 Å². The van der Waals surface area contributed by atoms with Crippen LogP contribution in [-0.2, 0) is 0 Å². The molecule has 0 aromatic heterocycles. The number of nitrogens with one attached hydrogen (secondary N) is 1. The lowest BCUT2D eigenvalue weighted by atomic mass is 9.79. The maximum absolute atomic E-state index is 5.84. The Morgan fingerprint density at radius 2 is 2.43 bits per heavy atom. The van der Waals surface area contributed by atoms with Gasteiger partial charge in [-0.25, -0.2) is 11.6 Å². The van der Waals surface area contributed by atoms with Gasteiger partial charge < -0.3 is 11.1 Å². The first-order valence-corrected chi connectivity index (χ1v) is 7.42. The van der Waals surface area contributed by atoms with E-state index in [2.05, 4.69) is 20.0 Å². The average Bonchev–Trinajstić information content (AvgIpc) is 2.16. The fourth-order valence-electron chi connectivity index (χ4n) is 0.838. The zero-order valence-corrected chi connectivity index (χ0v) is 11.4. The molecule has 3 N–H and O–H groups in total. The summed E-state index contributed by atoms with van der Waals surface area (Å²) in [7, 11) is 2.12. The summed E-state index contributed by atoms with van der Waals surface area (Å²) in [5, 5.41) is 3.42. The molecule has 0 spiro atoms. The van der Waals surface area contributed by atoms with Crippen LogP contribution < -0.4 is 11.1 Å². The summed E-state index contributed by atoms with van der Waals surface area (Å²) in [6.45, 7) is 3.16. The van der Waals surface area contributed by atoms with Crippen molar-refractivity contribution in [3.8, 4) is 0 Å². The third-order valence-corrected chi connectivity index (χ3v) is 4.13. The maximum atomic E-state index is 5.84. The predicted octanol–water partition coefficient (Wildman–Crippen LogP) is 0.312. The largest absolute Gasteiger partial charge is 0.371 e. The highest BCUT2D eigenvalue weighted by atomic mass is 32.2. The lowest BCUT2D eigenvalue weighted by Gasteiger charge is -2.11. The normalized spacial score (nSPS) is 12.1. The van der Waals surface area contributed by atoms with Gasteiger partial charge in [-0.05, 0) is 6.42 Å². The Kier molecular flexibility index (Phi) is 10.7. The van der Waals surface area contributed by atoms with Crippen LogP contribution in [0.15, 0.2) is 0 Å². The van der Waals surface area contributed by atoms with Gasteiger partial charge in [0.15, 0.2) is 6.45 Å². The standard InChI is InChI=1S/C7H18B2N2S3/c1-2-3-4-11-7(12)13-5-6(10)14-9-8/h6,9H,2-5,8,10H2,1H3,(H,11,12). The molecule has 80 valence electrons. The molecule has 0 heterocycles. The van der Waals surface area contributed by atoms with Gasteiger partial charge in [0.2, 0.25) is 0 Å². The molecule has 0 radical (unpaired) electrons. The number of hydrogen-bond acceptors (Lipinski definition) is 4. The Balaban J connectivity index is 3.34. The van der Waals surface area contributed by atoms with E-state index in [-0.39, 0.29) is 5.37 Å². The van der Waals surface area contributed by atoms with Crippen LogP contribution >= 0.6 is 35.6 Å². The molecule has 1 unspecified atom stereocenters. The first-order chi connectivity index (χ1) is 6.70. The Labute approximate surface area is 102 Å². The average molecular weight is 248 g/mol. The quantitative estimate of drug-likeness (QED) is 0.293. The lowest BCUT2D eigenvalue weighted by Crippen LogP contribution is -2.25. The van der Waals surface area contributed by atoms with Gasteiger partial charge in [-0.3, -0.25) is 0 Å². The SMILES string of the molecule is BBSC(N)CSC(=S)NCCCC. The van der Waals surface area contributed by atoms with Crippen molar-refractivity contribution in [1.29, 1.82) is 0 Å². The fraction of sp³-hybridized carbons (Fsp3) is 0.857. The highest BCUT2D eigenvalue weighted by Crippen LogP contribution is 2.10. The molecule has 0 aliphatic carbocycles. The number of hydrogen-bond donors (Lipinski definition) is 2. The second-order valence-electron chi connectivity index (χ2n) is 2.87. The van der Waals surface area contributed by atoms with Crippen LogP contribution in [0.2, 0.25) is 0 Å². The Hall–Kier alpha value is 0.680. The minimum absolute atomic E-state index is 0.205. The molecule has 0 amide bonds. The molecular weight excluding hydrogens is 230 g/mol. The van der Waals surface area contributed by atoms with Crippen molar-refractivity contribution in [1.82, 2.24) is 5.32 Å². The second-order valence-corrected chi connectivity index (χ2v) is 6.09. The van der Waals surface area contributed by atoms with Gasteiger partial charge in [0.25, 0.3) is 0 Å². The molecule has 0 aliphatic rings. The minimum atomic E-state index is 0.205. The smallest absolute Gasteiger partial charge is 0.153 e. The van der Waals surface area contributed by atoms with Crippen molar-refractivity contribution < 1.29 is 0 Å².